The molecule has 7 nitrogen and oxygen atoms in total. The van der Waals surface area contributed by atoms with Gasteiger partial charge in [-0.15, -0.1) is 0 Å². The van der Waals surface area contributed by atoms with Crippen molar-refractivity contribution >= 4 is 31.8 Å². The van der Waals surface area contributed by atoms with Crippen molar-refractivity contribution in [2.75, 3.05) is 31.1 Å². The monoisotopic (exact) mass is 426 g/mol. The van der Waals surface area contributed by atoms with Gasteiger partial charge in [0.25, 0.3) is 5.56 Å². The van der Waals surface area contributed by atoms with E-state index in [0.717, 1.165) is 4.47 Å². The summed E-state index contributed by atoms with van der Waals surface area (Å²) in [6.07, 6.45) is 3.26. The maximum atomic E-state index is 12.7. The Morgan fingerprint density at radius 1 is 1.12 bits per heavy atom. The molecular weight excluding hydrogens is 408 g/mol. The van der Waals surface area contributed by atoms with Crippen molar-refractivity contribution in [1.29, 1.82) is 0 Å². The third kappa shape index (κ3) is 3.63. The summed E-state index contributed by atoms with van der Waals surface area (Å²) in [5.41, 5.74) is -0.144. The van der Waals surface area contributed by atoms with Crippen LogP contribution in [-0.4, -0.2) is 48.5 Å². The zero-order valence-electron chi connectivity index (χ0n) is 13.8. The Kier molecular flexibility index (Phi) is 5.26. The second kappa shape index (κ2) is 7.27. The lowest BCUT2D eigenvalue weighted by atomic mass is 10.3. The Morgan fingerprint density at radius 2 is 1.76 bits per heavy atom. The summed E-state index contributed by atoms with van der Waals surface area (Å²) in [7, 11) is -3.53. The van der Waals surface area contributed by atoms with Gasteiger partial charge in [-0.2, -0.15) is 4.31 Å². The molecule has 1 aliphatic rings. The predicted molar refractivity (Wildman–Crippen MR) is 99.3 cm³/mol. The first-order chi connectivity index (χ1) is 11.9. The Hall–Kier alpha value is -1.71. The van der Waals surface area contributed by atoms with E-state index in [4.69, 9.17) is 0 Å². The van der Waals surface area contributed by atoms with Crippen molar-refractivity contribution in [2.45, 2.75) is 18.4 Å². The van der Waals surface area contributed by atoms with Gasteiger partial charge in [0.05, 0.1) is 4.90 Å². The van der Waals surface area contributed by atoms with Gasteiger partial charge in [-0.3, -0.25) is 4.79 Å². The summed E-state index contributed by atoms with van der Waals surface area (Å²) in [6.45, 7) is 3.98. The summed E-state index contributed by atoms with van der Waals surface area (Å²) in [4.78, 5) is 18.7. The minimum absolute atomic E-state index is 0.144. The van der Waals surface area contributed by atoms with E-state index in [9.17, 15) is 13.2 Å². The molecule has 9 heteroatoms. The normalized spacial score (nSPS) is 16.2. The zero-order chi connectivity index (χ0) is 18.0. The number of benzene rings is 1. The Bertz CT molecular complexity index is 904. The highest BCUT2D eigenvalue weighted by Gasteiger charge is 2.29. The fourth-order valence-corrected chi connectivity index (χ4v) is 4.48. The summed E-state index contributed by atoms with van der Waals surface area (Å²) in [6, 6.07) is 6.60. The van der Waals surface area contributed by atoms with Crippen LogP contribution in [0.25, 0.3) is 0 Å². The van der Waals surface area contributed by atoms with Gasteiger partial charge < -0.3 is 9.47 Å². The summed E-state index contributed by atoms with van der Waals surface area (Å²) in [5.74, 6) is 0.380. The van der Waals surface area contributed by atoms with Crippen LogP contribution in [0.4, 0.5) is 5.82 Å². The van der Waals surface area contributed by atoms with Gasteiger partial charge in [0, 0.05) is 49.6 Å². The fraction of sp³-hybridized carbons (Fsp3) is 0.375. The van der Waals surface area contributed by atoms with Gasteiger partial charge in [0.15, 0.2) is 5.82 Å². The molecule has 3 rings (SSSR count). The molecule has 1 aliphatic heterocycles. The molecule has 0 bridgehead atoms. The van der Waals surface area contributed by atoms with Gasteiger partial charge in [-0.25, -0.2) is 13.4 Å². The van der Waals surface area contributed by atoms with Crippen LogP contribution in [0.3, 0.4) is 0 Å². The highest BCUT2D eigenvalue weighted by Crippen LogP contribution is 2.20. The molecular formula is C16H19BrN4O3S. The summed E-state index contributed by atoms with van der Waals surface area (Å²) >= 11 is 3.31. The quantitative estimate of drug-likeness (QED) is 0.740. The number of aromatic nitrogens is 2. The molecule has 0 saturated carbocycles. The van der Waals surface area contributed by atoms with Crippen LogP contribution >= 0.6 is 15.9 Å². The molecule has 2 aromatic rings. The van der Waals surface area contributed by atoms with Crippen molar-refractivity contribution in [3.05, 3.63) is 51.5 Å². The first-order valence-electron chi connectivity index (χ1n) is 7.99. The minimum Gasteiger partial charge on any atom is -0.349 e. The number of nitrogens with zero attached hydrogens (tertiary/aromatic N) is 4. The second-order valence-electron chi connectivity index (χ2n) is 5.69. The number of sulfonamides is 1. The zero-order valence-corrected chi connectivity index (χ0v) is 16.2. The Morgan fingerprint density at radius 3 is 2.36 bits per heavy atom. The highest BCUT2D eigenvalue weighted by molar-refractivity contribution is 9.10. The van der Waals surface area contributed by atoms with E-state index in [0.29, 0.717) is 38.5 Å². The third-order valence-corrected chi connectivity index (χ3v) is 6.67. The maximum Gasteiger partial charge on any atom is 0.293 e. The van der Waals surface area contributed by atoms with E-state index in [1.165, 1.54) is 4.31 Å². The number of hydrogen-bond donors (Lipinski definition) is 0. The molecule has 0 unspecified atom stereocenters. The van der Waals surface area contributed by atoms with E-state index in [1.807, 2.05) is 11.8 Å². The van der Waals surface area contributed by atoms with Gasteiger partial charge in [0.1, 0.15) is 0 Å². The SMILES string of the molecule is CCn1ccnc(N2CCN(S(=O)(=O)c3ccc(Br)cc3)CC2)c1=O. The lowest BCUT2D eigenvalue weighted by Gasteiger charge is -2.34. The number of piperazine rings is 1. The van der Waals surface area contributed by atoms with Gasteiger partial charge in [0.2, 0.25) is 10.0 Å². The number of aryl methyl sites for hydroxylation is 1. The lowest BCUT2D eigenvalue weighted by molar-refractivity contribution is 0.383. The molecule has 1 aromatic carbocycles. The molecule has 134 valence electrons. The van der Waals surface area contributed by atoms with Gasteiger partial charge >= 0.3 is 0 Å². The van der Waals surface area contributed by atoms with E-state index in [-0.39, 0.29) is 10.5 Å². The lowest BCUT2D eigenvalue weighted by Crippen LogP contribution is -2.50. The molecule has 0 atom stereocenters. The maximum absolute atomic E-state index is 12.7. The van der Waals surface area contributed by atoms with E-state index in [1.54, 1.807) is 41.2 Å². The van der Waals surface area contributed by atoms with Crippen molar-refractivity contribution < 1.29 is 8.42 Å². The topological polar surface area (TPSA) is 75.5 Å². The third-order valence-electron chi connectivity index (χ3n) is 4.23. The molecule has 0 radical (unpaired) electrons. The van der Waals surface area contributed by atoms with Crippen molar-refractivity contribution in [3.8, 4) is 0 Å². The van der Waals surface area contributed by atoms with Crippen LogP contribution in [0, 0.1) is 0 Å². The highest BCUT2D eigenvalue weighted by atomic mass is 79.9. The number of rotatable bonds is 4. The summed E-state index contributed by atoms with van der Waals surface area (Å²) < 4.78 is 29.3. The molecule has 1 aromatic heterocycles. The smallest absolute Gasteiger partial charge is 0.293 e. The van der Waals surface area contributed by atoms with Crippen LogP contribution in [0.5, 0.6) is 0 Å². The molecule has 0 spiro atoms. The molecule has 1 saturated heterocycles. The van der Waals surface area contributed by atoms with E-state index >= 15 is 0 Å². The first kappa shape index (κ1) is 18.1. The van der Waals surface area contributed by atoms with E-state index in [2.05, 4.69) is 20.9 Å². The average Bonchev–Trinajstić information content (AvgIpc) is 2.62. The van der Waals surface area contributed by atoms with Crippen LogP contribution in [-0.2, 0) is 16.6 Å². The second-order valence-corrected chi connectivity index (χ2v) is 8.54. The average molecular weight is 427 g/mol. The molecule has 2 heterocycles. The van der Waals surface area contributed by atoms with Crippen LogP contribution in [0.2, 0.25) is 0 Å². The molecule has 0 N–H and O–H groups in total. The van der Waals surface area contributed by atoms with Crippen LogP contribution in [0.15, 0.2) is 50.8 Å². The fourth-order valence-electron chi connectivity index (χ4n) is 2.80. The molecule has 25 heavy (non-hydrogen) atoms. The van der Waals surface area contributed by atoms with E-state index < -0.39 is 10.0 Å². The van der Waals surface area contributed by atoms with Gasteiger partial charge in [-0.05, 0) is 31.2 Å². The number of halogens is 1. The minimum atomic E-state index is -3.53. The predicted octanol–water partition coefficient (Wildman–Crippen LogP) is 1.54. The Labute approximate surface area is 155 Å². The molecule has 0 amide bonds. The molecule has 0 aliphatic carbocycles. The summed E-state index contributed by atoms with van der Waals surface area (Å²) in [5, 5.41) is 0. The van der Waals surface area contributed by atoms with Crippen molar-refractivity contribution in [1.82, 2.24) is 13.9 Å². The van der Waals surface area contributed by atoms with Crippen LogP contribution in [0.1, 0.15) is 6.92 Å². The number of hydrogen-bond acceptors (Lipinski definition) is 5. The van der Waals surface area contributed by atoms with Crippen molar-refractivity contribution in [2.24, 2.45) is 0 Å². The van der Waals surface area contributed by atoms with Crippen LogP contribution < -0.4 is 10.5 Å². The number of anilines is 1. The molecule has 1 fully saturated rings. The van der Waals surface area contributed by atoms with Gasteiger partial charge in [-0.1, -0.05) is 15.9 Å². The standard InChI is InChI=1S/C16H19BrN4O3S/c1-2-19-8-7-18-15(16(19)22)20-9-11-21(12-10-20)25(23,24)14-5-3-13(17)4-6-14/h3-8H,2,9-12H2,1H3. The largest absolute Gasteiger partial charge is 0.349 e. The van der Waals surface area contributed by atoms with Crippen molar-refractivity contribution in [3.63, 3.8) is 0 Å². The Balaban J connectivity index is 1.76. The first-order valence-corrected chi connectivity index (χ1v) is 10.2.